The first-order valence-corrected chi connectivity index (χ1v) is 10.2. The van der Waals surface area contributed by atoms with E-state index in [1.54, 1.807) is 0 Å². The Morgan fingerprint density at radius 1 is 1.00 bits per heavy atom. The summed E-state index contributed by atoms with van der Waals surface area (Å²) in [5.41, 5.74) is 4.95. The van der Waals surface area contributed by atoms with E-state index >= 15 is 0 Å². The molecule has 4 bridgehead atoms. The fourth-order valence-electron chi connectivity index (χ4n) is 5.43. The van der Waals surface area contributed by atoms with Crippen molar-refractivity contribution in [3.05, 3.63) is 0 Å². The molecule has 0 aromatic heterocycles. The molecule has 146 valence electrons. The van der Waals surface area contributed by atoms with Crippen molar-refractivity contribution in [3.8, 4) is 0 Å². The normalized spacial score (nSPS) is 32.0. The zero-order chi connectivity index (χ0) is 18.9. The minimum atomic E-state index is -0.186. The van der Waals surface area contributed by atoms with Gasteiger partial charge in [-0.1, -0.05) is 0 Å². The van der Waals surface area contributed by atoms with Crippen molar-refractivity contribution in [3.63, 3.8) is 0 Å². The molecule has 0 spiro atoms. The fraction of sp³-hybridized carbons (Fsp3) is 0.842. The molecule has 4 fully saturated rings. The van der Waals surface area contributed by atoms with Gasteiger partial charge in [0.25, 0.3) is 0 Å². The monoisotopic (exact) mass is 380 g/mol. The molecule has 0 atom stereocenters. The van der Waals surface area contributed by atoms with E-state index in [0.29, 0.717) is 11.7 Å². The molecule has 4 aliphatic carbocycles. The van der Waals surface area contributed by atoms with Crippen molar-refractivity contribution in [1.29, 1.82) is 0 Å². The van der Waals surface area contributed by atoms with E-state index in [1.807, 2.05) is 20.8 Å². The molecule has 0 aromatic carbocycles. The van der Waals surface area contributed by atoms with Crippen molar-refractivity contribution in [1.82, 2.24) is 21.5 Å². The molecular formula is C19H32N4O2S. The lowest BCUT2D eigenvalue weighted by molar-refractivity contribution is -0.146. The molecule has 2 amide bonds. The molecule has 0 radical (unpaired) electrons. The van der Waals surface area contributed by atoms with Crippen LogP contribution in [0.15, 0.2) is 0 Å². The van der Waals surface area contributed by atoms with E-state index in [1.165, 1.54) is 19.3 Å². The van der Waals surface area contributed by atoms with E-state index in [-0.39, 0.29) is 29.2 Å². The van der Waals surface area contributed by atoms with E-state index < -0.39 is 0 Å². The summed E-state index contributed by atoms with van der Waals surface area (Å²) >= 11 is 5.12. The summed E-state index contributed by atoms with van der Waals surface area (Å²) in [6.07, 6.45) is 7.35. The summed E-state index contributed by atoms with van der Waals surface area (Å²) in [6.45, 7) is 6.34. The van der Waals surface area contributed by atoms with Crippen LogP contribution in [0.3, 0.4) is 0 Å². The average Bonchev–Trinajstić information content (AvgIpc) is 2.50. The van der Waals surface area contributed by atoms with Crippen molar-refractivity contribution in [2.45, 2.75) is 71.3 Å². The van der Waals surface area contributed by atoms with Crippen molar-refractivity contribution in [2.24, 2.45) is 23.2 Å². The maximum atomic E-state index is 12.8. The van der Waals surface area contributed by atoms with E-state index in [0.717, 1.165) is 37.0 Å². The summed E-state index contributed by atoms with van der Waals surface area (Å²) in [7, 11) is 0. The fourth-order valence-corrected chi connectivity index (χ4v) is 5.78. The van der Waals surface area contributed by atoms with Crippen molar-refractivity contribution < 1.29 is 9.59 Å². The van der Waals surface area contributed by atoms with Crippen LogP contribution in [0.4, 0.5) is 0 Å². The topological polar surface area (TPSA) is 82.3 Å². The summed E-state index contributed by atoms with van der Waals surface area (Å²) in [5.74, 6) is 2.22. The molecule has 4 N–H and O–H groups in total. The molecular weight excluding hydrogens is 348 g/mol. The van der Waals surface area contributed by atoms with Crippen molar-refractivity contribution in [2.75, 3.05) is 6.54 Å². The first-order valence-electron chi connectivity index (χ1n) is 9.80. The zero-order valence-electron chi connectivity index (χ0n) is 16.1. The molecule has 0 saturated heterocycles. The molecule has 0 aliphatic heterocycles. The Kier molecular flexibility index (Phi) is 5.47. The maximum absolute atomic E-state index is 12.8. The van der Waals surface area contributed by atoms with Gasteiger partial charge in [0.2, 0.25) is 11.8 Å². The molecule has 4 aliphatic rings. The van der Waals surface area contributed by atoms with Crippen LogP contribution in [0, 0.1) is 23.2 Å². The molecule has 6 nitrogen and oxygen atoms in total. The molecule has 0 unspecified atom stereocenters. The smallest absolute Gasteiger partial charge is 0.240 e. The highest BCUT2D eigenvalue weighted by molar-refractivity contribution is 7.80. The van der Waals surface area contributed by atoms with Gasteiger partial charge in [0.1, 0.15) is 0 Å². The SMILES string of the molecule is CC(C)(C)NC(=S)NNC(=O)CCNC(=O)C12CC3CC(CC(C3)C1)C2. The Balaban J connectivity index is 1.38. The third kappa shape index (κ3) is 4.67. The Bertz CT molecular complexity index is 549. The summed E-state index contributed by atoms with van der Waals surface area (Å²) in [5, 5.41) is 6.46. The minimum absolute atomic E-state index is 0.151. The van der Waals surface area contributed by atoms with E-state index in [9.17, 15) is 9.59 Å². The second-order valence-corrected chi connectivity index (χ2v) is 9.99. The van der Waals surface area contributed by atoms with Gasteiger partial charge < -0.3 is 10.6 Å². The van der Waals surface area contributed by atoms with Crippen LogP contribution in [0.1, 0.15) is 65.7 Å². The Labute approximate surface area is 161 Å². The lowest BCUT2D eigenvalue weighted by Crippen LogP contribution is -2.54. The Morgan fingerprint density at radius 2 is 1.54 bits per heavy atom. The maximum Gasteiger partial charge on any atom is 0.240 e. The van der Waals surface area contributed by atoms with Gasteiger partial charge >= 0.3 is 0 Å². The first-order chi connectivity index (χ1) is 12.2. The highest BCUT2D eigenvalue weighted by Gasteiger charge is 2.54. The molecule has 26 heavy (non-hydrogen) atoms. The van der Waals surface area contributed by atoms with Gasteiger partial charge in [-0.05, 0) is 89.3 Å². The predicted octanol–water partition coefficient (Wildman–Crippen LogP) is 2.00. The van der Waals surface area contributed by atoms with Crippen LogP contribution in [0.5, 0.6) is 0 Å². The summed E-state index contributed by atoms with van der Waals surface area (Å²) in [4.78, 5) is 24.7. The predicted molar refractivity (Wildman–Crippen MR) is 105 cm³/mol. The van der Waals surface area contributed by atoms with Crippen LogP contribution in [-0.4, -0.2) is 29.0 Å². The first kappa shape index (κ1) is 19.4. The van der Waals surface area contributed by atoms with Gasteiger partial charge in [-0.15, -0.1) is 0 Å². The Hall–Kier alpha value is -1.37. The van der Waals surface area contributed by atoms with E-state index in [2.05, 4.69) is 21.5 Å². The van der Waals surface area contributed by atoms with Gasteiger partial charge in [-0.3, -0.25) is 20.4 Å². The van der Waals surface area contributed by atoms with Crippen LogP contribution < -0.4 is 21.5 Å². The molecule has 4 rings (SSSR count). The summed E-state index contributed by atoms with van der Waals surface area (Å²) < 4.78 is 0. The lowest BCUT2D eigenvalue weighted by Gasteiger charge is -2.55. The second kappa shape index (κ2) is 7.33. The lowest BCUT2D eigenvalue weighted by atomic mass is 9.49. The van der Waals surface area contributed by atoms with Gasteiger partial charge in [-0.2, -0.15) is 0 Å². The largest absolute Gasteiger partial charge is 0.357 e. The third-order valence-corrected chi connectivity index (χ3v) is 6.17. The third-order valence-electron chi connectivity index (χ3n) is 5.96. The number of carbonyl (C=O) groups is 2. The van der Waals surface area contributed by atoms with Gasteiger partial charge in [0, 0.05) is 23.9 Å². The number of nitrogens with one attached hydrogen (secondary N) is 4. The van der Waals surface area contributed by atoms with Gasteiger partial charge in [-0.25, -0.2) is 0 Å². The van der Waals surface area contributed by atoms with Crippen molar-refractivity contribution >= 4 is 29.1 Å². The highest BCUT2D eigenvalue weighted by atomic mass is 32.1. The van der Waals surface area contributed by atoms with E-state index in [4.69, 9.17) is 12.2 Å². The average molecular weight is 381 g/mol. The molecule has 4 saturated carbocycles. The standard InChI is InChI=1S/C19H32N4O2S/c1-18(2,3)21-17(26)23-22-15(24)4-5-20-16(25)19-9-12-6-13(10-19)8-14(7-12)11-19/h12-14H,4-11H2,1-3H3,(H,20,25)(H,22,24)(H2,21,23,26). The highest BCUT2D eigenvalue weighted by Crippen LogP contribution is 2.60. The Morgan fingerprint density at radius 3 is 2.04 bits per heavy atom. The minimum Gasteiger partial charge on any atom is -0.357 e. The number of hydrazine groups is 1. The van der Waals surface area contributed by atoms with Crippen LogP contribution in [0.25, 0.3) is 0 Å². The summed E-state index contributed by atoms with van der Waals surface area (Å²) in [6, 6.07) is 0. The quantitative estimate of drug-likeness (QED) is 0.443. The number of rotatable bonds is 4. The zero-order valence-corrected chi connectivity index (χ0v) is 16.9. The number of amides is 2. The second-order valence-electron chi connectivity index (χ2n) is 9.58. The number of thiocarbonyl (C=S) groups is 1. The van der Waals surface area contributed by atoms with Crippen LogP contribution in [0.2, 0.25) is 0 Å². The molecule has 0 heterocycles. The molecule has 7 heteroatoms. The van der Waals surface area contributed by atoms with Crippen LogP contribution >= 0.6 is 12.2 Å². The number of carbonyl (C=O) groups excluding carboxylic acids is 2. The van der Waals surface area contributed by atoms with Crippen LogP contribution in [-0.2, 0) is 9.59 Å². The number of hydrogen-bond acceptors (Lipinski definition) is 3. The van der Waals surface area contributed by atoms with Gasteiger partial charge in [0.05, 0.1) is 0 Å². The molecule has 0 aromatic rings. The van der Waals surface area contributed by atoms with Gasteiger partial charge in [0.15, 0.2) is 5.11 Å². The number of hydrogen-bond donors (Lipinski definition) is 4.